The van der Waals surface area contributed by atoms with Gasteiger partial charge in [-0.05, 0) is 31.5 Å². The molecule has 1 saturated heterocycles. The third-order valence-electron chi connectivity index (χ3n) is 4.31. The largest absolute Gasteiger partial charge is 0.371 e. The van der Waals surface area contributed by atoms with Crippen LogP contribution in [-0.2, 0) is 13.6 Å². The number of rotatable bonds is 5. The van der Waals surface area contributed by atoms with Gasteiger partial charge in [0.05, 0.1) is 6.54 Å². The first-order valence-electron chi connectivity index (χ1n) is 7.67. The van der Waals surface area contributed by atoms with Gasteiger partial charge in [0.15, 0.2) is 0 Å². The van der Waals surface area contributed by atoms with E-state index in [1.807, 2.05) is 12.4 Å². The topological polar surface area (TPSA) is 24.3 Å². The highest BCUT2D eigenvalue weighted by atomic mass is 15.2. The summed E-state index contributed by atoms with van der Waals surface area (Å²) in [4.78, 5) is 9.29. The molecule has 21 heavy (non-hydrogen) atoms. The molecule has 0 amide bonds. The normalized spacial score (nSPS) is 18.6. The second kappa shape index (κ2) is 6.31. The summed E-state index contributed by atoms with van der Waals surface area (Å²) in [5.41, 5.74) is 1.35. The van der Waals surface area contributed by atoms with Crippen LogP contribution in [0.4, 0.5) is 5.69 Å². The third kappa shape index (κ3) is 3.45. The maximum Gasteiger partial charge on any atom is 0.122 e. The van der Waals surface area contributed by atoms with Gasteiger partial charge in [0.2, 0.25) is 0 Å². The number of hydrogen-bond acceptors (Lipinski definition) is 3. The Morgan fingerprint density at radius 1 is 1.29 bits per heavy atom. The molecular formula is C17H24N4. The van der Waals surface area contributed by atoms with Crippen LogP contribution in [0.3, 0.4) is 0 Å². The van der Waals surface area contributed by atoms with E-state index in [1.165, 1.54) is 18.7 Å². The average Bonchev–Trinajstić information content (AvgIpc) is 3.10. The number of aromatic nitrogens is 2. The van der Waals surface area contributed by atoms with E-state index in [2.05, 4.69) is 63.8 Å². The van der Waals surface area contributed by atoms with E-state index in [0.717, 1.165) is 31.4 Å². The van der Waals surface area contributed by atoms with Crippen molar-refractivity contribution >= 4 is 5.69 Å². The van der Waals surface area contributed by atoms with Crippen LogP contribution in [0, 0.1) is 5.92 Å². The molecule has 0 N–H and O–H groups in total. The Kier molecular flexibility index (Phi) is 4.25. The highest BCUT2D eigenvalue weighted by molar-refractivity contribution is 5.46. The summed E-state index contributed by atoms with van der Waals surface area (Å²) in [5.74, 6) is 1.88. The van der Waals surface area contributed by atoms with E-state index in [0.29, 0.717) is 0 Å². The molecule has 1 aromatic carbocycles. The standard InChI is InChI=1S/C17H24N4/c1-19(14-17-18-9-11-20(17)2)12-15-8-10-21(13-15)16-6-4-3-5-7-16/h3-7,9,11,15H,8,10,12-14H2,1-2H3/t15-/m1/s1. The fraction of sp³-hybridized carbons (Fsp3) is 0.471. The molecule has 1 fully saturated rings. The van der Waals surface area contributed by atoms with Gasteiger partial charge in [-0.1, -0.05) is 18.2 Å². The van der Waals surface area contributed by atoms with Crippen LogP contribution in [0.15, 0.2) is 42.7 Å². The molecule has 4 nitrogen and oxygen atoms in total. The second-order valence-electron chi connectivity index (χ2n) is 6.09. The zero-order chi connectivity index (χ0) is 14.7. The number of aryl methyl sites for hydroxylation is 1. The van der Waals surface area contributed by atoms with E-state index in [-0.39, 0.29) is 0 Å². The Labute approximate surface area is 127 Å². The van der Waals surface area contributed by atoms with Crippen LogP contribution >= 0.6 is 0 Å². The molecular weight excluding hydrogens is 260 g/mol. The van der Waals surface area contributed by atoms with E-state index >= 15 is 0 Å². The van der Waals surface area contributed by atoms with E-state index < -0.39 is 0 Å². The molecule has 2 aromatic rings. The van der Waals surface area contributed by atoms with Crippen molar-refractivity contribution in [2.24, 2.45) is 13.0 Å². The minimum atomic E-state index is 0.746. The lowest BCUT2D eigenvalue weighted by molar-refractivity contribution is 0.271. The van der Waals surface area contributed by atoms with Crippen molar-refractivity contribution in [1.82, 2.24) is 14.5 Å². The number of para-hydroxylation sites is 1. The van der Waals surface area contributed by atoms with Gasteiger partial charge in [-0.3, -0.25) is 4.90 Å². The lowest BCUT2D eigenvalue weighted by atomic mass is 10.1. The van der Waals surface area contributed by atoms with E-state index in [4.69, 9.17) is 0 Å². The molecule has 0 aliphatic carbocycles. The van der Waals surface area contributed by atoms with Crippen molar-refractivity contribution in [2.45, 2.75) is 13.0 Å². The van der Waals surface area contributed by atoms with Crippen molar-refractivity contribution in [1.29, 1.82) is 0 Å². The highest BCUT2D eigenvalue weighted by Gasteiger charge is 2.23. The smallest absolute Gasteiger partial charge is 0.122 e. The lowest BCUT2D eigenvalue weighted by Gasteiger charge is -2.22. The average molecular weight is 284 g/mol. The molecule has 0 radical (unpaired) electrons. The molecule has 0 bridgehead atoms. The summed E-state index contributed by atoms with van der Waals surface area (Å²) in [7, 11) is 4.25. The predicted octanol–water partition coefficient (Wildman–Crippen LogP) is 2.38. The van der Waals surface area contributed by atoms with Gasteiger partial charge < -0.3 is 9.47 Å². The van der Waals surface area contributed by atoms with Gasteiger partial charge in [-0.2, -0.15) is 0 Å². The number of hydrogen-bond donors (Lipinski definition) is 0. The van der Waals surface area contributed by atoms with Crippen LogP contribution in [0.25, 0.3) is 0 Å². The van der Waals surface area contributed by atoms with E-state index in [9.17, 15) is 0 Å². The van der Waals surface area contributed by atoms with Gasteiger partial charge in [0, 0.05) is 44.8 Å². The maximum atomic E-state index is 4.40. The zero-order valence-corrected chi connectivity index (χ0v) is 12.9. The molecule has 0 spiro atoms. The quantitative estimate of drug-likeness (QED) is 0.842. The molecule has 2 heterocycles. The van der Waals surface area contributed by atoms with Crippen molar-refractivity contribution < 1.29 is 0 Å². The SMILES string of the molecule is CN(Cc1nccn1C)C[C@H]1CCN(c2ccccc2)C1. The third-order valence-corrected chi connectivity index (χ3v) is 4.31. The van der Waals surface area contributed by atoms with Crippen molar-refractivity contribution in [2.75, 3.05) is 31.6 Å². The molecule has 4 heteroatoms. The second-order valence-corrected chi connectivity index (χ2v) is 6.09. The minimum absolute atomic E-state index is 0.746. The summed E-state index contributed by atoms with van der Waals surface area (Å²) in [6.45, 7) is 4.39. The molecule has 1 aliphatic heterocycles. The Bertz CT molecular complexity index is 563. The first-order chi connectivity index (χ1) is 10.2. The van der Waals surface area contributed by atoms with E-state index in [1.54, 1.807) is 0 Å². The Morgan fingerprint density at radius 2 is 2.10 bits per heavy atom. The van der Waals surface area contributed by atoms with Crippen molar-refractivity contribution in [3.8, 4) is 0 Å². The van der Waals surface area contributed by atoms with Gasteiger partial charge in [-0.25, -0.2) is 4.98 Å². The maximum absolute atomic E-state index is 4.40. The van der Waals surface area contributed by atoms with Gasteiger partial charge in [0.1, 0.15) is 5.82 Å². The molecule has 1 atom stereocenters. The number of nitrogens with zero attached hydrogens (tertiary/aromatic N) is 4. The van der Waals surface area contributed by atoms with Crippen LogP contribution in [-0.4, -0.2) is 41.1 Å². The molecule has 0 unspecified atom stereocenters. The minimum Gasteiger partial charge on any atom is -0.371 e. The highest BCUT2D eigenvalue weighted by Crippen LogP contribution is 2.24. The van der Waals surface area contributed by atoms with Crippen LogP contribution in [0.5, 0.6) is 0 Å². The number of benzene rings is 1. The number of imidazole rings is 1. The summed E-state index contributed by atoms with van der Waals surface area (Å²) in [6, 6.07) is 10.7. The fourth-order valence-electron chi connectivity index (χ4n) is 3.15. The van der Waals surface area contributed by atoms with Gasteiger partial charge in [0.25, 0.3) is 0 Å². The van der Waals surface area contributed by atoms with Crippen LogP contribution in [0.2, 0.25) is 0 Å². The zero-order valence-electron chi connectivity index (χ0n) is 12.9. The fourth-order valence-corrected chi connectivity index (χ4v) is 3.15. The van der Waals surface area contributed by atoms with Crippen molar-refractivity contribution in [3.63, 3.8) is 0 Å². The number of anilines is 1. The Balaban J connectivity index is 1.52. The summed E-state index contributed by atoms with van der Waals surface area (Å²) in [5, 5.41) is 0. The summed E-state index contributed by atoms with van der Waals surface area (Å²) < 4.78 is 2.10. The molecule has 112 valence electrons. The van der Waals surface area contributed by atoms with Crippen LogP contribution in [0.1, 0.15) is 12.2 Å². The lowest BCUT2D eigenvalue weighted by Crippen LogP contribution is -2.28. The summed E-state index contributed by atoms with van der Waals surface area (Å²) >= 11 is 0. The monoisotopic (exact) mass is 284 g/mol. The first kappa shape index (κ1) is 14.1. The molecule has 1 aliphatic rings. The Hall–Kier alpha value is -1.81. The van der Waals surface area contributed by atoms with Gasteiger partial charge >= 0.3 is 0 Å². The predicted molar refractivity (Wildman–Crippen MR) is 86.3 cm³/mol. The molecule has 3 rings (SSSR count). The molecule has 0 saturated carbocycles. The van der Waals surface area contributed by atoms with Crippen molar-refractivity contribution in [3.05, 3.63) is 48.5 Å². The summed E-state index contributed by atoms with van der Waals surface area (Å²) in [6.07, 6.45) is 5.16. The Morgan fingerprint density at radius 3 is 2.81 bits per heavy atom. The molecule has 1 aromatic heterocycles. The van der Waals surface area contributed by atoms with Gasteiger partial charge in [-0.15, -0.1) is 0 Å². The first-order valence-corrected chi connectivity index (χ1v) is 7.67. The van der Waals surface area contributed by atoms with Crippen LogP contribution < -0.4 is 4.90 Å².